The summed E-state index contributed by atoms with van der Waals surface area (Å²) in [5, 5.41) is 12.9. The van der Waals surface area contributed by atoms with Gasteiger partial charge in [0.2, 0.25) is 5.91 Å². The molecule has 0 saturated carbocycles. The molecule has 1 fully saturated rings. The smallest absolute Gasteiger partial charge is 0.324 e. The van der Waals surface area contributed by atoms with Crippen LogP contribution in [0.1, 0.15) is 5.56 Å². The van der Waals surface area contributed by atoms with Crippen LogP contribution in [0.25, 0.3) is 0 Å². The van der Waals surface area contributed by atoms with E-state index in [-0.39, 0.29) is 30.7 Å². The van der Waals surface area contributed by atoms with Gasteiger partial charge in [-0.15, -0.1) is 0 Å². The van der Waals surface area contributed by atoms with E-state index < -0.39 is 4.92 Å². The lowest BCUT2D eigenvalue weighted by Gasteiger charge is -2.11. The summed E-state index contributed by atoms with van der Waals surface area (Å²) >= 11 is 0. The standard InChI is InChI=1S/C11H11N3O4/c15-10-7-12-11(16)13(10)6-5-8-1-3-9(4-2-8)14(17)18/h1-4H,5-7H2,(H,12,16). The van der Waals surface area contributed by atoms with E-state index >= 15 is 0 Å². The van der Waals surface area contributed by atoms with E-state index in [0.717, 1.165) is 10.5 Å². The van der Waals surface area contributed by atoms with Crippen molar-refractivity contribution < 1.29 is 14.5 Å². The fourth-order valence-corrected chi connectivity index (χ4v) is 1.71. The fraction of sp³-hybridized carbons (Fsp3) is 0.273. The van der Waals surface area contributed by atoms with Crippen LogP contribution in [-0.4, -0.2) is 34.9 Å². The van der Waals surface area contributed by atoms with Gasteiger partial charge in [-0.1, -0.05) is 12.1 Å². The highest BCUT2D eigenvalue weighted by atomic mass is 16.6. The van der Waals surface area contributed by atoms with Crippen molar-refractivity contribution >= 4 is 17.6 Å². The third kappa shape index (κ3) is 2.45. The van der Waals surface area contributed by atoms with E-state index in [1.54, 1.807) is 12.1 Å². The van der Waals surface area contributed by atoms with Gasteiger partial charge in [-0.05, 0) is 12.0 Å². The summed E-state index contributed by atoms with van der Waals surface area (Å²) < 4.78 is 0. The van der Waals surface area contributed by atoms with Crippen LogP contribution in [0.3, 0.4) is 0 Å². The first-order chi connectivity index (χ1) is 8.58. The Morgan fingerprint density at radius 3 is 2.44 bits per heavy atom. The van der Waals surface area contributed by atoms with E-state index in [1.807, 2.05) is 0 Å². The molecule has 1 aliphatic rings. The molecule has 0 aliphatic carbocycles. The Balaban J connectivity index is 1.96. The van der Waals surface area contributed by atoms with Crippen LogP contribution in [-0.2, 0) is 11.2 Å². The number of hydrogen-bond donors (Lipinski definition) is 1. The number of nitro benzene ring substituents is 1. The van der Waals surface area contributed by atoms with Gasteiger partial charge in [0.1, 0.15) is 0 Å². The van der Waals surface area contributed by atoms with E-state index in [2.05, 4.69) is 5.32 Å². The van der Waals surface area contributed by atoms with Gasteiger partial charge in [0.05, 0.1) is 11.5 Å². The molecule has 2 rings (SSSR count). The van der Waals surface area contributed by atoms with Crippen LogP contribution in [0.15, 0.2) is 24.3 Å². The minimum Gasteiger partial charge on any atom is -0.329 e. The average Bonchev–Trinajstić information content (AvgIpc) is 2.67. The van der Waals surface area contributed by atoms with Crippen molar-refractivity contribution in [2.75, 3.05) is 13.1 Å². The molecule has 0 radical (unpaired) electrons. The van der Waals surface area contributed by atoms with Gasteiger partial charge in [0.15, 0.2) is 0 Å². The topological polar surface area (TPSA) is 92.6 Å². The van der Waals surface area contributed by atoms with Crippen LogP contribution < -0.4 is 5.32 Å². The molecule has 1 aromatic rings. The number of carbonyl (C=O) groups is 2. The Kier molecular flexibility index (Phi) is 3.22. The van der Waals surface area contributed by atoms with Crippen LogP contribution in [0, 0.1) is 10.1 Å². The molecule has 1 N–H and O–H groups in total. The van der Waals surface area contributed by atoms with Gasteiger partial charge in [-0.25, -0.2) is 4.79 Å². The summed E-state index contributed by atoms with van der Waals surface area (Å²) in [5.74, 6) is -0.248. The number of nitro groups is 1. The number of nitrogens with one attached hydrogen (secondary N) is 1. The Morgan fingerprint density at radius 1 is 1.28 bits per heavy atom. The van der Waals surface area contributed by atoms with Gasteiger partial charge in [-0.2, -0.15) is 0 Å². The maximum Gasteiger partial charge on any atom is 0.324 e. The van der Waals surface area contributed by atoms with Gasteiger partial charge in [0, 0.05) is 18.7 Å². The Labute approximate surface area is 103 Å². The fourth-order valence-electron chi connectivity index (χ4n) is 1.71. The van der Waals surface area contributed by atoms with E-state index in [0.29, 0.717) is 6.42 Å². The number of carbonyl (C=O) groups excluding carboxylic acids is 2. The molecule has 0 spiro atoms. The highest BCUT2D eigenvalue weighted by molar-refractivity contribution is 6.01. The summed E-state index contributed by atoms with van der Waals surface area (Å²) in [4.78, 5) is 33.7. The first-order valence-corrected chi connectivity index (χ1v) is 5.39. The van der Waals surface area contributed by atoms with Crippen molar-refractivity contribution in [2.45, 2.75) is 6.42 Å². The summed E-state index contributed by atoms with van der Waals surface area (Å²) in [5.41, 5.74) is 0.863. The molecule has 0 unspecified atom stereocenters. The van der Waals surface area contributed by atoms with E-state index in [4.69, 9.17) is 0 Å². The predicted molar refractivity (Wildman–Crippen MR) is 61.9 cm³/mol. The van der Waals surface area contributed by atoms with Crippen LogP contribution in [0.4, 0.5) is 10.5 Å². The average molecular weight is 249 g/mol. The van der Waals surface area contributed by atoms with Crippen LogP contribution in [0.2, 0.25) is 0 Å². The molecule has 1 saturated heterocycles. The first kappa shape index (κ1) is 12.0. The Morgan fingerprint density at radius 2 is 1.94 bits per heavy atom. The lowest BCUT2D eigenvalue weighted by molar-refractivity contribution is -0.384. The normalized spacial score (nSPS) is 14.8. The van der Waals surface area contributed by atoms with E-state index in [1.165, 1.54) is 12.1 Å². The molecular formula is C11H11N3O4. The monoisotopic (exact) mass is 249 g/mol. The predicted octanol–water partition coefficient (Wildman–Crippen LogP) is 0.689. The van der Waals surface area contributed by atoms with Crippen molar-refractivity contribution in [3.63, 3.8) is 0 Å². The molecule has 1 aliphatic heterocycles. The van der Waals surface area contributed by atoms with Crippen molar-refractivity contribution in [3.05, 3.63) is 39.9 Å². The highest BCUT2D eigenvalue weighted by Crippen LogP contribution is 2.13. The zero-order valence-electron chi connectivity index (χ0n) is 9.46. The minimum atomic E-state index is -0.471. The Bertz CT molecular complexity index is 482. The van der Waals surface area contributed by atoms with Crippen LogP contribution in [0.5, 0.6) is 0 Å². The number of imide groups is 1. The molecule has 1 heterocycles. The second-order valence-corrected chi connectivity index (χ2v) is 3.88. The second kappa shape index (κ2) is 4.82. The second-order valence-electron chi connectivity index (χ2n) is 3.88. The number of non-ortho nitro benzene ring substituents is 1. The number of amides is 3. The summed E-state index contributed by atoms with van der Waals surface area (Å²) in [6.45, 7) is 0.321. The van der Waals surface area contributed by atoms with Gasteiger partial charge in [0.25, 0.3) is 5.69 Å². The SMILES string of the molecule is O=C1CNC(=O)N1CCc1ccc([N+](=O)[O-])cc1. The molecule has 7 nitrogen and oxygen atoms in total. The van der Waals surface area contributed by atoms with Gasteiger partial charge < -0.3 is 5.32 Å². The van der Waals surface area contributed by atoms with Crippen molar-refractivity contribution in [2.24, 2.45) is 0 Å². The highest BCUT2D eigenvalue weighted by Gasteiger charge is 2.27. The first-order valence-electron chi connectivity index (χ1n) is 5.39. The molecule has 18 heavy (non-hydrogen) atoms. The number of nitrogens with zero attached hydrogens (tertiary/aromatic N) is 2. The van der Waals surface area contributed by atoms with Crippen LogP contribution >= 0.6 is 0 Å². The third-order valence-corrected chi connectivity index (χ3v) is 2.71. The van der Waals surface area contributed by atoms with Gasteiger partial charge >= 0.3 is 6.03 Å². The molecule has 3 amide bonds. The maximum absolute atomic E-state index is 11.3. The minimum absolute atomic E-state index is 0.0220. The van der Waals surface area contributed by atoms with Gasteiger partial charge in [-0.3, -0.25) is 19.8 Å². The molecule has 0 aromatic heterocycles. The number of rotatable bonds is 4. The van der Waals surface area contributed by atoms with Crippen molar-refractivity contribution in [3.8, 4) is 0 Å². The molecule has 94 valence electrons. The van der Waals surface area contributed by atoms with Crippen molar-refractivity contribution in [1.82, 2.24) is 10.2 Å². The number of hydrogen-bond acceptors (Lipinski definition) is 4. The molecular weight excluding hydrogens is 238 g/mol. The largest absolute Gasteiger partial charge is 0.329 e. The summed E-state index contributed by atoms with van der Waals surface area (Å²) in [6.07, 6.45) is 0.483. The molecule has 0 atom stereocenters. The maximum atomic E-state index is 11.3. The summed E-state index contributed by atoms with van der Waals surface area (Å²) in [7, 11) is 0. The number of urea groups is 1. The zero-order valence-corrected chi connectivity index (χ0v) is 9.46. The molecule has 0 bridgehead atoms. The third-order valence-electron chi connectivity index (χ3n) is 2.71. The summed E-state index contributed by atoms with van der Waals surface area (Å²) in [6, 6.07) is 5.66. The zero-order chi connectivity index (χ0) is 13.1. The van der Waals surface area contributed by atoms with E-state index in [9.17, 15) is 19.7 Å². The molecule has 7 heteroatoms. The lowest BCUT2D eigenvalue weighted by atomic mass is 10.1. The number of benzene rings is 1. The lowest BCUT2D eigenvalue weighted by Crippen LogP contribution is -2.32. The quantitative estimate of drug-likeness (QED) is 0.482. The Hall–Kier alpha value is -2.44. The molecule has 1 aromatic carbocycles. The van der Waals surface area contributed by atoms with Crippen molar-refractivity contribution in [1.29, 1.82) is 0 Å².